The first-order chi connectivity index (χ1) is 18.6. The van der Waals surface area contributed by atoms with Crippen molar-refractivity contribution >= 4 is 35.6 Å². The Morgan fingerprint density at radius 2 is 1.38 bits per heavy atom. The number of rotatable bonds is 8. The van der Waals surface area contributed by atoms with Gasteiger partial charge in [-0.3, -0.25) is 4.31 Å². The summed E-state index contributed by atoms with van der Waals surface area (Å²) in [7, 11) is -4.22. The normalized spacial score (nSPS) is 17.4. The molecule has 3 aromatic rings. The third kappa shape index (κ3) is 5.52. The van der Waals surface area contributed by atoms with Gasteiger partial charge < -0.3 is 14.0 Å². The van der Waals surface area contributed by atoms with E-state index in [2.05, 4.69) is 25.2 Å². The molecule has 1 aliphatic heterocycles. The number of methoxy groups -OCH3 is 1. The van der Waals surface area contributed by atoms with Gasteiger partial charge in [-0.1, -0.05) is 78.4 Å². The van der Waals surface area contributed by atoms with Crippen LogP contribution in [-0.2, 0) is 19.3 Å². The van der Waals surface area contributed by atoms with Gasteiger partial charge in [-0.2, -0.15) is 0 Å². The lowest BCUT2D eigenvalue weighted by Gasteiger charge is -2.34. The fraction of sp³-hybridized carbons (Fsp3) is 0.355. The van der Waals surface area contributed by atoms with Crippen molar-refractivity contribution in [3.63, 3.8) is 0 Å². The first kappa shape index (κ1) is 30.1. The van der Waals surface area contributed by atoms with E-state index in [1.807, 2.05) is 89.2 Å². The Morgan fingerprint density at radius 1 is 0.850 bits per heavy atom. The predicted octanol–water partition coefficient (Wildman–Crippen LogP) is 5.82. The predicted molar refractivity (Wildman–Crippen MR) is 166 cm³/mol. The Balaban J connectivity index is 2.07. The average Bonchev–Trinajstić information content (AvgIpc) is 3.13. The van der Waals surface area contributed by atoms with Crippen molar-refractivity contribution in [1.29, 1.82) is 0 Å². The minimum atomic E-state index is -3.96. The molecule has 212 valence electrons. The Kier molecular flexibility index (Phi) is 8.17. The molecular formula is C31H40BNO5SSi. The molecule has 0 radical (unpaired) electrons. The number of sulfonamides is 1. The van der Waals surface area contributed by atoms with E-state index in [-0.39, 0.29) is 4.90 Å². The van der Waals surface area contributed by atoms with Gasteiger partial charge >= 0.3 is 7.12 Å². The molecule has 0 bridgehead atoms. The van der Waals surface area contributed by atoms with Crippen LogP contribution in [-0.4, -0.2) is 53.3 Å². The highest BCUT2D eigenvalue weighted by molar-refractivity contribution is 7.89. The molecule has 0 aliphatic carbocycles. The van der Waals surface area contributed by atoms with Crippen LogP contribution in [0.2, 0.25) is 13.1 Å². The summed E-state index contributed by atoms with van der Waals surface area (Å²) < 4.78 is 48.5. The third-order valence-electron chi connectivity index (χ3n) is 8.25. The Bertz CT molecular complexity index is 1470. The van der Waals surface area contributed by atoms with E-state index in [0.29, 0.717) is 5.60 Å². The van der Waals surface area contributed by atoms with E-state index in [4.69, 9.17) is 14.0 Å². The van der Waals surface area contributed by atoms with Crippen molar-refractivity contribution in [2.75, 3.05) is 14.2 Å². The van der Waals surface area contributed by atoms with Crippen LogP contribution in [0.25, 0.3) is 5.20 Å². The van der Waals surface area contributed by atoms with Crippen LogP contribution < -0.4 is 9.92 Å². The Morgan fingerprint density at radius 3 is 1.88 bits per heavy atom. The number of nitrogens with zero attached hydrogens (tertiary/aromatic N) is 1. The molecule has 0 amide bonds. The lowest BCUT2D eigenvalue weighted by atomic mass is 9.82. The standard InChI is InChI=1S/C31H40BNO5SSi/c1-23-15-21-26(22-16-23)39(34,35)33(6)29(32-37-30(2,3)31(4,5)38-32)28(24-17-19-25(36-7)20-18-24)40(8,9)27-13-11-10-12-14-27/h10-22H,1-9H3/b29-28+. The van der Waals surface area contributed by atoms with Crippen LogP contribution in [0.15, 0.2) is 89.4 Å². The summed E-state index contributed by atoms with van der Waals surface area (Å²) >= 11 is 0. The minimum absolute atomic E-state index is 0.211. The van der Waals surface area contributed by atoms with E-state index < -0.39 is 36.4 Å². The summed E-state index contributed by atoms with van der Waals surface area (Å²) in [6, 6.07) is 25.0. The minimum Gasteiger partial charge on any atom is -0.497 e. The molecule has 0 unspecified atom stereocenters. The van der Waals surface area contributed by atoms with Crippen LogP contribution in [0.1, 0.15) is 38.8 Å². The molecule has 1 fully saturated rings. The molecule has 6 nitrogen and oxygen atoms in total. The number of aryl methyl sites for hydroxylation is 1. The number of hydrogen-bond donors (Lipinski definition) is 0. The molecule has 0 aromatic heterocycles. The Labute approximate surface area is 241 Å². The molecule has 1 saturated heterocycles. The molecule has 0 N–H and O–H groups in total. The lowest BCUT2D eigenvalue weighted by Crippen LogP contribution is -2.48. The highest BCUT2D eigenvalue weighted by Gasteiger charge is 2.55. The van der Waals surface area contributed by atoms with Crippen molar-refractivity contribution in [2.45, 2.75) is 63.8 Å². The number of ether oxygens (including phenoxy) is 1. The first-order valence-electron chi connectivity index (χ1n) is 13.5. The van der Waals surface area contributed by atoms with E-state index in [1.54, 1.807) is 26.3 Å². The van der Waals surface area contributed by atoms with Gasteiger partial charge in [0, 0.05) is 7.05 Å². The second-order valence-electron chi connectivity index (χ2n) is 11.9. The third-order valence-corrected chi connectivity index (χ3v) is 13.6. The second-order valence-corrected chi connectivity index (χ2v) is 18.2. The van der Waals surface area contributed by atoms with Gasteiger partial charge in [0.1, 0.15) is 13.8 Å². The quantitative estimate of drug-likeness (QED) is 0.316. The van der Waals surface area contributed by atoms with Crippen LogP contribution in [0.4, 0.5) is 0 Å². The molecule has 0 atom stereocenters. The van der Waals surface area contributed by atoms with Gasteiger partial charge in [-0.25, -0.2) is 8.42 Å². The first-order valence-corrected chi connectivity index (χ1v) is 17.9. The fourth-order valence-corrected chi connectivity index (χ4v) is 9.40. The second kappa shape index (κ2) is 10.9. The van der Waals surface area contributed by atoms with Crippen LogP contribution >= 0.6 is 0 Å². The zero-order valence-electron chi connectivity index (χ0n) is 25.0. The van der Waals surface area contributed by atoms with Crippen molar-refractivity contribution < 1.29 is 22.5 Å². The van der Waals surface area contributed by atoms with E-state index in [9.17, 15) is 8.42 Å². The van der Waals surface area contributed by atoms with Crippen molar-refractivity contribution in [3.05, 3.63) is 95.6 Å². The van der Waals surface area contributed by atoms with Gasteiger partial charge in [0.15, 0.2) is 0 Å². The topological polar surface area (TPSA) is 65.1 Å². The molecule has 0 spiro atoms. The fourth-order valence-electron chi connectivity index (χ4n) is 4.96. The molecule has 1 heterocycles. The van der Waals surface area contributed by atoms with Crippen molar-refractivity contribution in [2.24, 2.45) is 0 Å². The average molecular weight is 578 g/mol. The zero-order chi connectivity index (χ0) is 29.5. The maximum absolute atomic E-state index is 14.2. The van der Waals surface area contributed by atoms with Crippen molar-refractivity contribution in [3.8, 4) is 5.75 Å². The maximum Gasteiger partial charge on any atom is 0.513 e. The summed E-state index contributed by atoms with van der Waals surface area (Å²) in [6.07, 6.45) is 0. The smallest absolute Gasteiger partial charge is 0.497 e. The molecular weight excluding hydrogens is 537 g/mol. The molecule has 0 saturated carbocycles. The summed E-state index contributed by atoms with van der Waals surface area (Å²) in [4.78, 5) is 0.211. The van der Waals surface area contributed by atoms with Crippen LogP contribution in [0.3, 0.4) is 0 Å². The van der Waals surface area contributed by atoms with Gasteiger partial charge in [-0.15, -0.1) is 0 Å². The Hall–Kier alpha value is -2.85. The van der Waals surface area contributed by atoms with Gasteiger partial charge in [-0.05, 0) is 69.6 Å². The summed E-state index contributed by atoms with van der Waals surface area (Å²) in [5, 5.41) is 2.08. The summed E-state index contributed by atoms with van der Waals surface area (Å²) in [6.45, 7) is 14.3. The van der Waals surface area contributed by atoms with Gasteiger partial charge in [0.05, 0.1) is 28.8 Å². The summed E-state index contributed by atoms with van der Waals surface area (Å²) in [5.41, 5.74) is 1.04. The van der Waals surface area contributed by atoms with Crippen molar-refractivity contribution in [1.82, 2.24) is 4.31 Å². The zero-order valence-corrected chi connectivity index (χ0v) is 26.8. The molecule has 3 aromatic carbocycles. The van der Waals surface area contributed by atoms with E-state index >= 15 is 0 Å². The maximum atomic E-state index is 14.2. The van der Waals surface area contributed by atoms with Crippen LogP contribution in [0.5, 0.6) is 5.75 Å². The highest BCUT2D eigenvalue weighted by atomic mass is 32.2. The number of hydrogen-bond acceptors (Lipinski definition) is 5. The SMILES string of the molecule is COc1ccc(/C(=C(/B2OC(C)(C)C(C)(C)O2)N(C)S(=O)(=O)c2ccc(C)cc2)[Si](C)(C)c2ccccc2)cc1. The molecule has 1 aliphatic rings. The lowest BCUT2D eigenvalue weighted by molar-refractivity contribution is 0.00578. The molecule has 4 rings (SSSR count). The molecule has 9 heteroatoms. The monoisotopic (exact) mass is 577 g/mol. The highest BCUT2D eigenvalue weighted by Crippen LogP contribution is 2.43. The number of benzene rings is 3. The summed E-state index contributed by atoms with van der Waals surface area (Å²) in [5.74, 6) is 0.722. The van der Waals surface area contributed by atoms with Gasteiger partial charge in [0.25, 0.3) is 10.0 Å². The van der Waals surface area contributed by atoms with E-state index in [1.165, 1.54) is 4.31 Å². The largest absolute Gasteiger partial charge is 0.513 e. The van der Waals surface area contributed by atoms with Crippen LogP contribution in [0, 0.1) is 6.92 Å². The van der Waals surface area contributed by atoms with Gasteiger partial charge in [0.2, 0.25) is 0 Å². The van der Waals surface area contributed by atoms with E-state index in [0.717, 1.165) is 27.3 Å². The molecule has 40 heavy (non-hydrogen) atoms.